The number of piperazine rings is 1. The molecule has 1 aromatic heterocycles. The Balaban J connectivity index is 1.42. The minimum atomic E-state index is 0.785. The first-order chi connectivity index (χ1) is 11.8. The molecule has 5 nitrogen and oxygen atoms in total. The molecular formula is C18H22ClN5. The molecule has 2 fully saturated rings. The summed E-state index contributed by atoms with van der Waals surface area (Å²) in [5, 5.41) is 0.785. The van der Waals surface area contributed by atoms with Gasteiger partial charge in [0.15, 0.2) is 0 Å². The SMILES string of the molecule is Clc1ccc(N2CCN(c3cc(N4CCCC4)ncn3)CC2)cc1. The first kappa shape index (κ1) is 15.5. The van der Waals surface area contributed by atoms with Crippen molar-refractivity contribution in [1.82, 2.24) is 9.97 Å². The summed E-state index contributed by atoms with van der Waals surface area (Å²) in [6.45, 7) is 6.15. The van der Waals surface area contributed by atoms with E-state index in [9.17, 15) is 0 Å². The monoisotopic (exact) mass is 343 g/mol. The molecule has 24 heavy (non-hydrogen) atoms. The molecule has 2 saturated heterocycles. The molecule has 3 heterocycles. The topological polar surface area (TPSA) is 35.5 Å². The summed E-state index contributed by atoms with van der Waals surface area (Å²) in [6, 6.07) is 10.2. The Bertz CT molecular complexity index is 676. The van der Waals surface area contributed by atoms with Gasteiger partial charge in [-0.2, -0.15) is 0 Å². The average molecular weight is 344 g/mol. The highest BCUT2D eigenvalue weighted by Gasteiger charge is 2.20. The predicted molar refractivity (Wildman–Crippen MR) is 99.4 cm³/mol. The minimum Gasteiger partial charge on any atom is -0.368 e. The Labute approximate surface area is 147 Å². The number of halogens is 1. The molecule has 0 bridgehead atoms. The van der Waals surface area contributed by atoms with E-state index in [1.807, 2.05) is 12.1 Å². The van der Waals surface area contributed by atoms with Crippen molar-refractivity contribution >= 4 is 28.9 Å². The summed E-state index contributed by atoms with van der Waals surface area (Å²) in [5.74, 6) is 2.11. The van der Waals surface area contributed by atoms with Gasteiger partial charge in [-0.15, -0.1) is 0 Å². The molecule has 0 amide bonds. The third-order valence-corrected chi connectivity index (χ3v) is 5.12. The smallest absolute Gasteiger partial charge is 0.134 e. The summed E-state index contributed by atoms with van der Waals surface area (Å²) in [4.78, 5) is 16.1. The van der Waals surface area contributed by atoms with Crippen LogP contribution >= 0.6 is 11.6 Å². The molecule has 4 rings (SSSR count). The zero-order chi connectivity index (χ0) is 16.4. The maximum Gasteiger partial charge on any atom is 0.134 e. The molecule has 2 aliphatic rings. The Kier molecular flexibility index (Phi) is 4.43. The number of hydrogen-bond donors (Lipinski definition) is 0. The third-order valence-electron chi connectivity index (χ3n) is 4.86. The van der Waals surface area contributed by atoms with E-state index in [0.717, 1.165) is 55.9 Å². The van der Waals surface area contributed by atoms with E-state index in [1.54, 1.807) is 6.33 Å². The van der Waals surface area contributed by atoms with E-state index in [0.29, 0.717) is 0 Å². The number of hydrogen-bond acceptors (Lipinski definition) is 5. The van der Waals surface area contributed by atoms with Crippen LogP contribution in [-0.2, 0) is 0 Å². The van der Waals surface area contributed by atoms with E-state index < -0.39 is 0 Å². The van der Waals surface area contributed by atoms with Crippen LogP contribution in [-0.4, -0.2) is 49.2 Å². The van der Waals surface area contributed by atoms with Gasteiger partial charge in [0.2, 0.25) is 0 Å². The second-order valence-corrected chi connectivity index (χ2v) is 6.82. The summed E-state index contributed by atoms with van der Waals surface area (Å²) in [5.41, 5.74) is 1.24. The lowest BCUT2D eigenvalue weighted by Crippen LogP contribution is -2.46. The Morgan fingerprint density at radius 1 is 0.708 bits per heavy atom. The fourth-order valence-corrected chi connectivity index (χ4v) is 3.60. The normalized spacial score (nSPS) is 18.3. The second kappa shape index (κ2) is 6.85. The van der Waals surface area contributed by atoms with Gasteiger partial charge in [-0.25, -0.2) is 9.97 Å². The fraction of sp³-hybridized carbons (Fsp3) is 0.444. The van der Waals surface area contributed by atoms with Crippen molar-refractivity contribution in [1.29, 1.82) is 0 Å². The van der Waals surface area contributed by atoms with Gasteiger partial charge < -0.3 is 14.7 Å². The van der Waals surface area contributed by atoms with Crippen molar-refractivity contribution in [3.05, 3.63) is 41.7 Å². The van der Waals surface area contributed by atoms with Crippen LogP contribution in [0.25, 0.3) is 0 Å². The molecule has 126 valence electrons. The van der Waals surface area contributed by atoms with Crippen molar-refractivity contribution in [3.8, 4) is 0 Å². The lowest BCUT2D eigenvalue weighted by Gasteiger charge is -2.37. The van der Waals surface area contributed by atoms with Gasteiger partial charge in [0.1, 0.15) is 18.0 Å². The second-order valence-electron chi connectivity index (χ2n) is 6.38. The summed E-state index contributed by atoms with van der Waals surface area (Å²) in [7, 11) is 0. The van der Waals surface area contributed by atoms with Crippen molar-refractivity contribution in [3.63, 3.8) is 0 Å². The van der Waals surface area contributed by atoms with Crippen molar-refractivity contribution in [2.75, 3.05) is 54.0 Å². The molecular weight excluding hydrogens is 322 g/mol. The van der Waals surface area contributed by atoms with Crippen LogP contribution in [0.4, 0.5) is 17.3 Å². The van der Waals surface area contributed by atoms with Gasteiger partial charge in [0, 0.05) is 56.0 Å². The zero-order valence-corrected chi connectivity index (χ0v) is 14.5. The first-order valence-electron chi connectivity index (χ1n) is 8.62. The molecule has 0 atom stereocenters. The molecule has 0 radical (unpaired) electrons. The number of benzene rings is 1. The van der Waals surface area contributed by atoms with Crippen molar-refractivity contribution in [2.45, 2.75) is 12.8 Å². The van der Waals surface area contributed by atoms with Crippen LogP contribution in [0.2, 0.25) is 5.02 Å². The van der Waals surface area contributed by atoms with Gasteiger partial charge in [0.25, 0.3) is 0 Å². The lowest BCUT2D eigenvalue weighted by molar-refractivity contribution is 0.646. The summed E-state index contributed by atoms with van der Waals surface area (Å²) < 4.78 is 0. The Hall–Kier alpha value is -2.01. The zero-order valence-electron chi connectivity index (χ0n) is 13.7. The molecule has 0 spiro atoms. The number of rotatable bonds is 3. The molecule has 1 aromatic carbocycles. The minimum absolute atomic E-state index is 0.785. The lowest BCUT2D eigenvalue weighted by atomic mass is 10.2. The quantitative estimate of drug-likeness (QED) is 0.856. The van der Waals surface area contributed by atoms with Crippen LogP contribution < -0.4 is 14.7 Å². The van der Waals surface area contributed by atoms with Crippen LogP contribution in [0.1, 0.15) is 12.8 Å². The van der Waals surface area contributed by atoms with Gasteiger partial charge in [0.05, 0.1) is 0 Å². The fourth-order valence-electron chi connectivity index (χ4n) is 3.47. The largest absolute Gasteiger partial charge is 0.368 e. The number of aromatic nitrogens is 2. The molecule has 2 aliphatic heterocycles. The van der Waals surface area contributed by atoms with Gasteiger partial charge in [-0.1, -0.05) is 11.6 Å². The van der Waals surface area contributed by atoms with E-state index in [2.05, 4.69) is 42.9 Å². The molecule has 0 saturated carbocycles. The molecule has 2 aromatic rings. The van der Waals surface area contributed by atoms with Crippen LogP contribution in [0.15, 0.2) is 36.7 Å². The Morgan fingerprint density at radius 2 is 1.25 bits per heavy atom. The highest BCUT2D eigenvalue weighted by atomic mass is 35.5. The molecule has 0 N–H and O–H groups in total. The standard InChI is InChI=1S/C18H22ClN5/c19-15-3-5-16(6-4-15)22-9-11-24(12-10-22)18-13-17(20-14-21-18)23-7-1-2-8-23/h3-6,13-14H,1-2,7-12H2. The van der Waals surface area contributed by atoms with E-state index in [1.165, 1.54) is 18.5 Å². The molecule has 0 aliphatic carbocycles. The predicted octanol–water partition coefficient (Wildman–Crippen LogP) is 3.06. The average Bonchev–Trinajstić information content (AvgIpc) is 3.17. The van der Waals surface area contributed by atoms with Crippen molar-refractivity contribution < 1.29 is 0 Å². The first-order valence-corrected chi connectivity index (χ1v) is 9.00. The van der Waals surface area contributed by atoms with Gasteiger partial charge in [-0.3, -0.25) is 0 Å². The summed E-state index contributed by atoms with van der Waals surface area (Å²) >= 11 is 5.98. The van der Waals surface area contributed by atoms with Crippen LogP contribution in [0.5, 0.6) is 0 Å². The van der Waals surface area contributed by atoms with Crippen LogP contribution in [0, 0.1) is 0 Å². The van der Waals surface area contributed by atoms with Gasteiger partial charge in [-0.05, 0) is 37.1 Å². The van der Waals surface area contributed by atoms with Crippen molar-refractivity contribution in [2.24, 2.45) is 0 Å². The number of nitrogens with zero attached hydrogens (tertiary/aromatic N) is 5. The number of anilines is 3. The van der Waals surface area contributed by atoms with Crippen LogP contribution in [0.3, 0.4) is 0 Å². The van der Waals surface area contributed by atoms with E-state index in [-0.39, 0.29) is 0 Å². The molecule has 6 heteroatoms. The van der Waals surface area contributed by atoms with E-state index >= 15 is 0 Å². The van der Waals surface area contributed by atoms with Gasteiger partial charge >= 0.3 is 0 Å². The third kappa shape index (κ3) is 3.26. The highest BCUT2D eigenvalue weighted by Crippen LogP contribution is 2.24. The highest BCUT2D eigenvalue weighted by molar-refractivity contribution is 6.30. The van der Waals surface area contributed by atoms with E-state index in [4.69, 9.17) is 11.6 Å². The maximum absolute atomic E-state index is 5.98. The molecule has 0 unspecified atom stereocenters. The summed E-state index contributed by atoms with van der Waals surface area (Å²) in [6.07, 6.45) is 4.23. The maximum atomic E-state index is 5.98. The Morgan fingerprint density at radius 3 is 1.88 bits per heavy atom.